The fourth-order valence-electron chi connectivity index (χ4n) is 3.95. The second-order valence-corrected chi connectivity index (χ2v) is 7.55. The molecule has 3 rings (SSSR count). The number of esters is 1. The van der Waals surface area contributed by atoms with Crippen molar-refractivity contribution in [3.05, 3.63) is 18.3 Å². The normalized spacial score (nSPS) is 24.0. The molecule has 2 heterocycles. The van der Waals surface area contributed by atoms with Gasteiger partial charge in [-0.1, -0.05) is 34.1 Å². The Morgan fingerprint density at radius 2 is 2.20 bits per heavy atom. The molecule has 0 saturated heterocycles. The minimum atomic E-state index is -0.197. The van der Waals surface area contributed by atoms with E-state index in [9.17, 15) is 4.79 Å². The maximum absolute atomic E-state index is 12.7. The van der Waals surface area contributed by atoms with Crippen molar-refractivity contribution in [2.75, 3.05) is 0 Å². The van der Waals surface area contributed by atoms with Gasteiger partial charge in [0.25, 0.3) is 0 Å². The number of imidazole rings is 1. The van der Waals surface area contributed by atoms with E-state index in [-0.39, 0.29) is 18.6 Å². The fourth-order valence-corrected chi connectivity index (χ4v) is 3.95. The molecule has 1 unspecified atom stereocenters. The van der Waals surface area contributed by atoms with Gasteiger partial charge < -0.3 is 9.30 Å². The minimum Gasteiger partial charge on any atom is -0.461 e. The number of ether oxygens (including phenoxy) is 1. The molecule has 3 atom stereocenters. The molecule has 1 saturated carbocycles. The largest absolute Gasteiger partial charge is 0.461 e. The summed E-state index contributed by atoms with van der Waals surface area (Å²) in [4.78, 5) is 25.5. The van der Waals surface area contributed by atoms with Crippen LogP contribution in [0, 0.1) is 17.8 Å². The van der Waals surface area contributed by atoms with Crippen molar-refractivity contribution in [1.29, 1.82) is 0 Å². The summed E-state index contributed by atoms with van der Waals surface area (Å²) in [6.45, 7) is 8.86. The third kappa shape index (κ3) is 3.83. The van der Waals surface area contributed by atoms with Crippen molar-refractivity contribution in [3.63, 3.8) is 0 Å². The molecule has 1 aliphatic carbocycles. The van der Waals surface area contributed by atoms with Gasteiger partial charge in [0, 0.05) is 6.42 Å². The molecule has 2 aromatic rings. The Balaban J connectivity index is 1.76. The van der Waals surface area contributed by atoms with Crippen molar-refractivity contribution >= 4 is 17.1 Å². The number of carbonyl (C=O) groups excluding carboxylic acids is 1. The Morgan fingerprint density at radius 1 is 1.40 bits per heavy atom. The number of aryl methyl sites for hydroxylation is 1. The van der Waals surface area contributed by atoms with Crippen molar-refractivity contribution in [2.45, 2.75) is 66.0 Å². The molecule has 0 aliphatic heterocycles. The van der Waals surface area contributed by atoms with Gasteiger partial charge in [0.05, 0.1) is 6.20 Å². The first kappa shape index (κ1) is 17.8. The lowest BCUT2D eigenvalue weighted by Gasteiger charge is -2.36. The molecular formula is C19H28N4O2. The Bertz CT molecular complexity index is 740. The average molecular weight is 344 g/mol. The molecular weight excluding hydrogens is 316 g/mol. The molecule has 6 nitrogen and oxygen atoms in total. The lowest BCUT2D eigenvalue weighted by molar-refractivity contribution is -0.156. The number of carbonyl (C=O) groups is 1. The monoisotopic (exact) mass is 344 g/mol. The van der Waals surface area contributed by atoms with Gasteiger partial charge in [-0.2, -0.15) is 0 Å². The predicted molar refractivity (Wildman–Crippen MR) is 95.9 cm³/mol. The SMILES string of the molecule is CCc1nc2cncnc2n1CC(=O)O[C@@H]1C[C@H](C)CCC1C(C)C. The zero-order valence-corrected chi connectivity index (χ0v) is 15.6. The summed E-state index contributed by atoms with van der Waals surface area (Å²) in [7, 11) is 0. The number of hydrogen-bond donors (Lipinski definition) is 0. The molecule has 0 bridgehead atoms. The van der Waals surface area contributed by atoms with E-state index in [0.29, 0.717) is 23.4 Å². The highest BCUT2D eigenvalue weighted by Crippen LogP contribution is 2.35. The van der Waals surface area contributed by atoms with E-state index in [1.165, 1.54) is 12.7 Å². The number of fused-ring (bicyclic) bond motifs is 1. The van der Waals surface area contributed by atoms with Crippen LogP contribution in [0.25, 0.3) is 11.2 Å². The highest BCUT2D eigenvalue weighted by atomic mass is 16.5. The van der Waals surface area contributed by atoms with E-state index in [1.807, 2.05) is 11.5 Å². The van der Waals surface area contributed by atoms with E-state index >= 15 is 0 Å². The molecule has 1 fully saturated rings. The maximum atomic E-state index is 12.7. The predicted octanol–water partition coefficient (Wildman–Crippen LogP) is 3.39. The highest BCUT2D eigenvalue weighted by molar-refractivity contribution is 5.75. The zero-order valence-electron chi connectivity index (χ0n) is 15.6. The van der Waals surface area contributed by atoms with Gasteiger partial charge in [0.2, 0.25) is 0 Å². The van der Waals surface area contributed by atoms with Gasteiger partial charge in [-0.05, 0) is 30.6 Å². The summed E-state index contributed by atoms with van der Waals surface area (Å²) >= 11 is 0. The molecule has 1 aliphatic rings. The van der Waals surface area contributed by atoms with Crippen LogP contribution in [-0.2, 0) is 22.5 Å². The summed E-state index contributed by atoms with van der Waals surface area (Å²) in [5, 5.41) is 0. The Morgan fingerprint density at radius 3 is 2.92 bits per heavy atom. The number of nitrogens with zero attached hydrogens (tertiary/aromatic N) is 4. The summed E-state index contributed by atoms with van der Waals surface area (Å²) in [6.07, 6.45) is 7.24. The summed E-state index contributed by atoms with van der Waals surface area (Å²) in [5.74, 6) is 2.23. The summed E-state index contributed by atoms with van der Waals surface area (Å²) < 4.78 is 7.78. The van der Waals surface area contributed by atoms with E-state index < -0.39 is 0 Å². The van der Waals surface area contributed by atoms with Gasteiger partial charge >= 0.3 is 5.97 Å². The van der Waals surface area contributed by atoms with E-state index in [0.717, 1.165) is 30.6 Å². The standard InChI is InChI=1S/C19H28N4O2/c1-5-17-22-15-9-20-11-21-19(15)23(17)10-18(24)25-16-8-13(4)6-7-14(16)12(2)3/h9,11-14,16H,5-8,10H2,1-4H3/t13-,14?,16-/m1/s1. The molecule has 0 aromatic carbocycles. The Kier molecular flexibility index (Phi) is 5.35. The molecule has 0 spiro atoms. The van der Waals surface area contributed by atoms with Gasteiger partial charge in [-0.15, -0.1) is 0 Å². The zero-order chi connectivity index (χ0) is 18.0. The summed E-state index contributed by atoms with van der Waals surface area (Å²) in [6, 6.07) is 0. The molecule has 2 aromatic heterocycles. The van der Waals surface area contributed by atoms with Crippen LogP contribution >= 0.6 is 0 Å². The quantitative estimate of drug-likeness (QED) is 0.778. The Hall–Kier alpha value is -1.98. The summed E-state index contributed by atoms with van der Waals surface area (Å²) in [5.41, 5.74) is 1.42. The van der Waals surface area contributed by atoms with Crippen LogP contribution in [0.4, 0.5) is 0 Å². The Labute approximate surface area is 149 Å². The number of hydrogen-bond acceptors (Lipinski definition) is 5. The van der Waals surface area contributed by atoms with Crippen molar-refractivity contribution in [2.24, 2.45) is 17.8 Å². The second-order valence-electron chi connectivity index (χ2n) is 7.55. The van der Waals surface area contributed by atoms with Crippen LogP contribution in [0.2, 0.25) is 0 Å². The van der Waals surface area contributed by atoms with Crippen molar-refractivity contribution in [1.82, 2.24) is 19.5 Å². The first-order valence-corrected chi connectivity index (χ1v) is 9.34. The number of aromatic nitrogens is 4. The molecule has 0 N–H and O–H groups in total. The van der Waals surface area contributed by atoms with Crippen LogP contribution < -0.4 is 0 Å². The van der Waals surface area contributed by atoms with E-state index in [2.05, 4.69) is 35.7 Å². The lowest BCUT2D eigenvalue weighted by atomic mass is 9.75. The van der Waals surface area contributed by atoms with Gasteiger partial charge in [0.15, 0.2) is 5.65 Å². The van der Waals surface area contributed by atoms with Crippen molar-refractivity contribution < 1.29 is 9.53 Å². The third-order valence-corrected chi connectivity index (χ3v) is 5.34. The molecule has 0 radical (unpaired) electrons. The first-order valence-electron chi connectivity index (χ1n) is 9.34. The lowest BCUT2D eigenvalue weighted by Crippen LogP contribution is -2.36. The van der Waals surface area contributed by atoms with Crippen LogP contribution in [0.5, 0.6) is 0 Å². The molecule has 6 heteroatoms. The van der Waals surface area contributed by atoms with Crippen LogP contribution in [0.3, 0.4) is 0 Å². The topological polar surface area (TPSA) is 69.9 Å². The number of rotatable bonds is 5. The van der Waals surface area contributed by atoms with E-state index in [4.69, 9.17) is 4.74 Å². The van der Waals surface area contributed by atoms with Gasteiger partial charge in [-0.3, -0.25) is 4.79 Å². The smallest absolute Gasteiger partial charge is 0.326 e. The molecule has 25 heavy (non-hydrogen) atoms. The highest BCUT2D eigenvalue weighted by Gasteiger charge is 2.33. The van der Waals surface area contributed by atoms with Crippen molar-refractivity contribution in [3.8, 4) is 0 Å². The molecule has 136 valence electrons. The minimum absolute atomic E-state index is 0.0192. The van der Waals surface area contributed by atoms with Crippen LogP contribution in [-0.4, -0.2) is 31.6 Å². The first-order chi connectivity index (χ1) is 12.0. The third-order valence-electron chi connectivity index (χ3n) is 5.34. The molecule has 0 amide bonds. The fraction of sp³-hybridized carbons (Fsp3) is 0.684. The van der Waals surface area contributed by atoms with Crippen LogP contribution in [0.1, 0.15) is 52.8 Å². The second kappa shape index (κ2) is 7.50. The maximum Gasteiger partial charge on any atom is 0.326 e. The average Bonchev–Trinajstić information content (AvgIpc) is 2.92. The van der Waals surface area contributed by atoms with Gasteiger partial charge in [-0.25, -0.2) is 15.0 Å². The van der Waals surface area contributed by atoms with E-state index in [1.54, 1.807) is 6.20 Å². The van der Waals surface area contributed by atoms with Crippen LogP contribution in [0.15, 0.2) is 12.5 Å². The van der Waals surface area contributed by atoms with Gasteiger partial charge in [0.1, 0.15) is 30.3 Å².